The summed E-state index contributed by atoms with van der Waals surface area (Å²) in [7, 11) is 3.34. The summed E-state index contributed by atoms with van der Waals surface area (Å²) in [6, 6.07) is 0. The molecule has 0 aromatic carbocycles. The van der Waals surface area contributed by atoms with Gasteiger partial charge in [0, 0.05) is 20.8 Å². The number of hydrogen-bond donors (Lipinski definition) is 1. The van der Waals surface area contributed by atoms with E-state index in [0.29, 0.717) is 6.79 Å². The van der Waals surface area contributed by atoms with Gasteiger partial charge < -0.3 is 33.5 Å². The van der Waals surface area contributed by atoms with Crippen LogP contribution in [0.4, 0.5) is 0 Å². The van der Waals surface area contributed by atoms with Crippen LogP contribution in [0.5, 0.6) is 0 Å². The molecule has 36 heavy (non-hydrogen) atoms. The molecule has 214 valence electrons. The van der Waals surface area contributed by atoms with E-state index in [1.165, 1.54) is 51.4 Å². The van der Waals surface area contributed by atoms with Gasteiger partial charge in [-0.1, -0.05) is 71.1 Å². The summed E-state index contributed by atoms with van der Waals surface area (Å²) in [6.07, 6.45) is 20.0. The highest BCUT2D eigenvalue weighted by molar-refractivity contribution is 4.90. The third kappa shape index (κ3) is 12.5. The van der Waals surface area contributed by atoms with E-state index in [1.54, 1.807) is 14.2 Å². The Balaban J connectivity index is 1.75. The zero-order chi connectivity index (χ0) is 25.8. The molecule has 0 spiro atoms. The lowest BCUT2D eigenvalue weighted by Crippen LogP contribution is -2.35. The van der Waals surface area contributed by atoms with Crippen molar-refractivity contribution in [1.29, 1.82) is 0 Å². The van der Waals surface area contributed by atoms with Gasteiger partial charge in [0.25, 0.3) is 0 Å². The second kappa shape index (κ2) is 20.7. The summed E-state index contributed by atoms with van der Waals surface area (Å²) in [5.74, 6) is 0. The molecule has 7 nitrogen and oxygen atoms in total. The number of unbranched alkanes of at least 4 members (excludes halogenated alkanes) is 9. The van der Waals surface area contributed by atoms with E-state index >= 15 is 0 Å². The molecule has 2 aliphatic rings. The van der Waals surface area contributed by atoms with Gasteiger partial charge in [-0.2, -0.15) is 0 Å². The second-order valence-electron chi connectivity index (χ2n) is 10.6. The third-order valence-corrected chi connectivity index (χ3v) is 7.70. The number of ether oxygens (including phenoxy) is 6. The Bertz CT molecular complexity index is 506. The van der Waals surface area contributed by atoms with Crippen molar-refractivity contribution in [3.8, 4) is 0 Å². The topological polar surface area (TPSA) is 75.6 Å². The number of aliphatic hydroxyl groups excluding tert-OH is 1. The normalized spacial score (nSPS) is 26.0. The maximum absolute atomic E-state index is 9.05. The first-order valence-electron chi connectivity index (χ1n) is 14.9. The van der Waals surface area contributed by atoms with Crippen LogP contribution in [0.25, 0.3) is 0 Å². The minimum atomic E-state index is 0.0330. The highest BCUT2D eigenvalue weighted by Crippen LogP contribution is 2.36. The highest BCUT2D eigenvalue weighted by atomic mass is 16.7. The van der Waals surface area contributed by atoms with Crippen molar-refractivity contribution in [3.63, 3.8) is 0 Å². The zero-order valence-electron chi connectivity index (χ0n) is 23.5. The number of hydrogen-bond acceptors (Lipinski definition) is 7. The molecule has 1 N–H and O–H groups in total. The number of aliphatic hydroxyl groups is 1. The predicted octanol–water partition coefficient (Wildman–Crippen LogP) is 6.14. The molecule has 0 amide bonds. The summed E-state index contributed by atoms with van der Waals surface area (Å²) < 4.78 is 35.5. The van der Waals surface area contributed by atoms with Crippen LogP contribution in [-0.4, -0.2) is 76.1 Å². The molecule has 0 saturated carbocycles. The van der Waals surface area contributed by atoms with Crippen LogP contribution < -0.4 is 0 Å². The van der Waals surface area contributed by atoms with Crippen LogP contribution in [-0.2, 0) is 28.4 Å². The molecule has 0 unspecified atom stereocenters. The van der Waals surface area contributed by atoms with E-state index in [0.717, 1.165) is 57.8 Å². The molecular weight excluding hydrogens is 460 g/mol. The standard InChI is InChI=1S/C29H56O7/c1-4-5-6-7-8-9-10-12-15-24(33-22-31-2)26-17-19-28(35-26)29-20-18-27(36-29)25(34-23-32-3)16-13-11-14-21-30/h24-30H,4-23H2,1-3H3/t24-,25-,26-,27-,28+,29-/m1/s1. The van der Waals surface area contributed by atoms with Crippen molar-refractivity contribution >= 4 is 0 Å². The first kappa shape index (κ1) is 31.9. The first-order valence-corrected chi connectivity index (χ1v) is 14.9. The molecular formula is C29H56O7. The van der Waals surface area contributed by atoms with Crippen molar-refractivity contribution < 1.29 is 33.5 Å². The van der Waals surface area contributed by atoms with Crippen molar-refractivity contribution in [2.24, 2.45) is 0 Å². The maximum atomic E-state index is 9.05. The summed E-state index contributed by atoms with van der Waals surface area (Å²) in [4.78, 5) is 0. The van der Waals surface area contributed by atoms with Gasteiger partial charge in [-0.15, -0.1) is 0 Å². The monoisotopic (exact) mass is 516 g/mol. The van der Waals surface area contributed by atoms with Gasteiger partial charge in [0.15, 0.2) is 0 Å². The maximum Gasteiger partial charge on any atom is 0.146 e. The number of methoxy groups -OCH3 is 2. The SMILES string of the molecule is CCCCCCCCCC[C@@H](OCOC)[C@H]1CC[C@@H]([C@H]2CC[C@H]([C@@H](CCCCCO)OCOC)O2)O1. The minimum absolute atomic E-state index is 0.0330. The molecule has 0 bridgehead atoms. The molecule has 2 saturated heterocycles. The van der Waals surface area contributed by atoms with Crippen molar-refractivity contribution in [2.45, 2.75) is 153 Å². The molecule has 6 atom stereocenters. The van der Waals surface area contributed by atoms with E-state index in [-0.39, 0.29) is 50.0 Å². The van der Waals surface area contributed by atoms with E-state index in [9.17, 15) is 0 Å². The molecule has 2 fully saturated rings. The Labute approximate surface area is 220 Å². The van der Waals surface area contributed by atoms with Crippen LogP contribution >= 0.6 is 0 Å². The third-order valence-electron chi connectivity index (χ3n) is 7.70. The average molecular weight is 517 g/mol. The molecule has 0 aromatic rings. The van der Waals surface area contributed by atoms with Crippen molar-refractivity contribution in [3.05, 3.63) is 0 Å². The lowest BCUT2D eigenvalue weighted by Gasteiger charge is -2.27. The van der Waals surface area contributed by atoms with Gasteiger partial charge in [-0.05, 0) is 44.9 Å². The molecule has 0 radical (unpaired) electrons. The van der Waals surface area contributed by atoms with E-state index in [2.05, 4.69) is 6.92 Å². The first-order chi connectivity index (χ1) is 17.7. The van der Waals surface area contributed by atoms with Gasteiger partial charge in [0.2, 0.25) is 0 Å². The fraction of sp³-hybridized carbons (Fsp3) is 1.00. The largest absolute Gasteiger partial charge is 0.396 e. The Hall–Kier alpha value is -0.280. The van der Waals surface area contributed by atoms with Crippen LogP contribution in [0.1, 0.15) is 116 Å². The Morgan fingerprint density at radius 3 is 1.53 bits per heavy atom. The molecule has 2 rings (SSSR count). The lowest BCUT2D eigenvalue weighted by atomic mass is 10.0. The summed E-state index contributed by atoms with van der Waals surface area (Å²) in [6.45, 7) is 3.13. The molecule has 0 aromatic heterocycles. The molecule has 2 heterocycles. The Morgan fingerprint density at radius 1 is 0.639 bits per heavy atom. The fourth-order valence-electron chi connectivity index (χ4n) is 5.65. The Morgan fingerprint density at radius 2 is 1.08 bits per heavy atom. The van der Waals surface area contributed by atoms with Crippen molar-refractivity contribution in [1.82, 2.24) is 0 Å². The molecule has 7 heteroatoms. The fourth-order valence-corrected chi connectivity index (χ4v) is 5.65. The highest BCUT2D eigenvalue weighted by Gasteiger charge is 2.41. The van der Waals surface area contributed by atoms with Crippen LogP contribution in [0, 0.1) is 0 Å². The number of rotatable bonds is 23. The van der Waals surface area contributed by atoms with Gasteiger partial charge in [0.1, 0.15) is 13.6 Å². The minimum Gasteiger partial charge on any atom is -0.396 e. The summed E-state index contributed by atoms with van der Waals surface area (Å²) in [5, 5.41) is 9.05. The van der Waals surface area contributed by atoms with Crippen molar-refractivity contribution in [2.75, 3.05) is 34.4 Å². The van der Waals surface area contributed by atoms with E-state index in [4.69, 9.17) is 33.5 Å². The van der Waals surface area contributed by atoms with Gasteiger partial charge in [-0.3, -0.25) is 0 Å². The van der Waals surface area contributed by atoms with Crippen LogP contribution in [0.2, 0.25) is 0 Å². The molecule has 0 aliphatic carbocycles. The van der Waals surface area contributed by atoms with E-state index < -0.39 is 0 Å². The molecule has 2 aliphatic heterocycles. The van der Waals surface area contributed by atoms with Crippen LogP contribution in [0.15, 0.2) is 0 Å². The summed E-state index contributed by atoms with van der Waals surface area (Å²) in [5.41, 5.74) is 0. The van der Waals surface area contributed by atoms with Gasteiger partial charge in [-0.25, -0.2) is 0 Å². The predicted molar refractivity (Wildman–Crippen MR) is 142 cm³/mol. The van der Waals surface area contributed by atoms with Gasteiger partial charge in [0.05, 0.1) is 36.6 Å². The lowest BCUT2D eigenvalue weighted by molar-refractivity contribution is -0.158. The van der Waals surface area contributed by atoms with Crippen LogP contribution in [0.3, 0.4) is 0 Å². The Kier molecular flexibility index (Phi) is 18.3. The van der Waals surface area contributed by atoms with Gasteiger partial charge >= 0.3 is 0 Å². The second-order valence-corrected chi connectivity index (χ2v) is 10.6. The quantitative estimate of drug-likeness (QED) is 0.129. The average Bonchev–Trinajstić information content (AvgIpc) is 3.57. The zero-order valence-corrected chi connectivity index (χ0v) is 23.5. The smallest absolute Gasteiger partial charge is 0.146 e. The summed E-state index contributed by atoms with van der Waals surface area (Å²) >= 11 is 0. The van der Waals surface area contributed by atoms with E-state index in [1.807, 2.05) is 0 Å².